The van der Waals surface area contributed by atoms with Crippen LogP contribution in [-0.2, 0) is 13.0 Å². The lowest BCUT2D eigenvalue weighted by atomic mass is 9.97. The number of nitrogens with zero attached hydrogens (tertiary/aromatic N) is 2. The molecule has 7 heteroatoms. The minimum absolute atomic E-state index is 0. The molecule has 1 aliphatic heterocycles. The molecule has 4 nitrogen and oxygen atoms in total. The first-order chi connectivity index (χ1) is 12.4. The van der Waals surface area contributed by atoms with Crippen molar-refractivity contribution in [1.82, 2.24) is 15.2 Å². The van der Waals surface area contributed by atoms with Gasteiger partial charge in [-0.15, -0.1) is 23.7 Å². The van der Waals surface area contributed by atoms with Gasteiger partial charge in [-0.2, -0.15) is 0 Å². The summed E-state index contributed by atoms with van der Waals surface area (Å²) in [4.78, 5) is 18.8. The molecule has 0 bridgehead atoms. The topological polar surface area (TPSA) is 45.2 Å². The van der Waals surface area contributed by atoms with Crippen molar-refractivity contribution >= 4 is 29.7 Å². The SMILES string of the molecule is CC(C)c1nc(CN(C)C(=O)c2cc(CC3CCNC3)ccc2F)cs1.Cl. The Morgan fingerprint density at radius 2 is 2.22 bits per heavy atom. The highest BCUT2D eigenvalue weighted by molar-refractivity contribution is 7.09. The van der Waals surface area contributed by atoms with E-state index in [9.17, 15) is 9.18 Å². The van der Waals surface area contributed by atoms with Gasteiger partial charge < -0.3 is 10.2 Å². The number of thiazole rings is 1. The Bertz CT molecular complexity index is 774. The van der Waals surface area contributed by atoms with Crippen molar-refractivity contribution in [2.24, 2.45) is 5.92 Å². The van der Waals surface area contributed by atoms with E-state index >= 15 is 0 Å². The van der Waals surface area contributed by atoms with Gasteiger partial charge in [-0.05, 0) is 49.5 Å². The molecule has 0 saturated carbocycles. The first kappa shape index (κ1) is 21.8. The number of amides is 1. The lowest BCUT2D eigenvalue weighted by molar-refractivity contribution is 0.0778. The summed E-state index contributed by atoms with van der Waals surface area (Å²) in [5.41, 5.74) is 2.02. The van der Waals surface area contributed by atoms with E-state index in [2.05, 4.69) is 24.1 Å². The van der Waals surface area contributed by atoms with Crippen LogP contribution < -0.4 is 5.32 Å². The Labute approximate surface area is 170 Å². The first-order valence-corrected chi connectivity index (χ1v) is 10.0. The smallest absolute Gasteiger partial charge is 0.256 e. The molecular weight excluding hydrogens is 385 g/mol. The number of hydrogen-bond donors (Lipinski definition) is 1. The van der Waals surface area contributed by atoms with Crippen LogP contribution >= 0.6 is 23.7 Å². The van der Waals surface area contributed by atoms with Crippen LogP contribution in [0.25, 0.3) is 0 Å². The molecule has 1 aromatic heterocycles. The number of halogens is 2. The normalized spacial score (nSPS) is 16.4. The van der Waals surface area contributed by atoms with Crippen LogP contribution in [0.3, 0.4) is 0 Å². The number of rotatable bonds is 6. The molecule has 1 aromatic carbocycles. The minimum Gasteiger partial charge on any atom is -0.336 e. The third-order valence-corrected chi connectivity index (χ3v) is 5.95. The van der Waals surface area contributed by atoms with E-state index < -0.39 is 5.82 Å². The number of carbonyl (C=O) groups excluding carboxylic acids is 1. The first-order valence-electron chi connectivity index (χ1n) is 9.13. The second-order valence-corrected chi connectivity index (χ2v) is 8.26. The van der Waals surface area contributed by atoms with E-state index in [4.69, 9.17) is 0 Å². The number of carbonyl (C=O) groups is 1. The van der Waals surface area contributed by atoms with Gasteiger partial charge in [0.15, 0.2) is 0 Å². The van der Waals surface area contributed by atoms with Gasteiger partial charge in [0.1, 0.15) is 5.82 Å². The fourth-order valence-electron chi connectivity index (χ4n) is 3.27. The van der Waals surface area contributed by atoms with E-state index in [0.717, 1.165) is 42.2 Å². The lowest BCUT2D eigenvalue weighted by Gasteiger charge is -2.17. The molecule has 1 atom stereocenters. The van der Waals surface area contributed by atoms with Crippen molar-refractivity contribution in [2.75, 3.05) is 20.1 Å². The highest BCUT2D eigenvalue weighted by Gasteiger charge is 2.20. The maximum Gasteiger partial charge on any atom is 0.256 e. The van der Waals surface area contributed by atoms with Gasteiger partial charge in [0.05, 0.1) is 22.8 Å². The molecule has 1 aliphatic rings. The van der Waals surface area contributed by atoms with Gasteiger partial charge in [-0.1, -0.05) is 19.9 Å². The molecule has 0 aliphatic carbocycles. The lowest BCUT2D eigenvalue weighted by Crippen LogP contribution is -2.27. The molecule has 1 amide bonds. The van der Waals surface area contributed by atoms with Crippen LogP contribution in [0, 0.1) is 11.7 Å². The standard InChI is InChI=1S/C20H26FN3OS.ClH/c1-13(2)19-23-16(12-26-19)11-24(3)20(25)17-9-14(4-5-18(17)21)8-15-6-7-22-10-15;/h4-5,9,12-13,15,22H,6-8,10-11H2,1-3H3;1H. The van der Waals surface area contributed by atoms with Gasteiger partial charge in [-0.25, -0.2) is 9.37 Å². The van der Waals surface area contributed by atoms with Crippen molar-refractivity contribution in [1.29, 1.82) is 0 Å². The molecule has 1 N–H and O–H groups in total. The fourth-order valence-corrected chi connectivity index (χ4v) is 4.09. The van der Waals surface area contributed by atoms with Gasteiger partial charge in [-0.3, -0.25) is 4.79 Å². The predicted octanol–water partition coefficient (Wildman–Crippen LogP) is 4.25. The minimum atomic E-state index is -0.462. The summed E-state index contributed by atoms with van der Waals surface area (Å²) in [7, 11) is 1.70. The number of aromatic nitrogens is 1. The van der Waals surface area contributed by atoms with Crippen LogP contribution in [0.15, 0.2) is 23.6 Å². The van der Waals surface area contributed by atoms with Crippen LogP contribution in [0.1, 0.15) is 52.8 Å². The number of benzene rings is 1. The number of nitrogens with one attached hydrogen (secondary N) is 1. The second-order valence-electron chi connectivity index (χ2n) is 7.37. The Kier molecular flexibility index (Phi) is 7.77. The van der Waals surface area contributed by atoms with E-state index in [0.29, 0.717) is 18.4 Å². The maximum atomic E-state index is 14.3. The van der Waals surface area contributed by atoms with Crippen LogP contribution in [0.5, 0.6) is 0 Å². The van der Waals surface area contributed by atoms with Crippen LogP contribution in [0.2, 0.25) is 0 Å². The zero-order chi connectivity index (χ0) is 18.7. The highest BCUT2D eigenvalue weighted by Crippen LogP contribution is 2.22. The van der Waals surface area contributed by atoms with E-state index in [1.807, 2.05) is 5.38 Å². The molecule has 148 valence electrons. The summed E-state index contributed by atoms with van der Waals surface area (Å²) in [5.74, 6) is 0.170. The van der Waals surface area contributed by atoms with E-state index in [1.54, 1.807) is 35.4 Å². The second kappa shape index (κ2) is 9.62. The monoisotopic (exact) mass is 411 g/mol. The van der Waals surface area contributed by atoms with Crippen molar-refractivity contribution in [3.05, 3.63) is 51.2 Å². The molecule has 0 radical (unpaired) electrons. The summed E-state index contributed by atoms with van der Waals surface area (Å²) >= 11 is 1.60. The van der Waals surface area contributed by atoms with Crippen LogP contribution in [0.4, 0.5) is 4.39 Å². The third kappa shape index (κ3) is 5.50. The van der Waals surface area contributed by atoms with Crippen molar-refractivity contribution in [3.8, 4) is 0 Å². The maximum absolute atomic E-state index is 14.3. The van der Waals surface area contributed by atoms with Gasteiger partial charge >= 0.3 is 0 Å². The fraction of sp³-hybridized carbons (Fsp3) is 0.500. The Hall–Kier alpha value is -1.50. The molecule has 1 saturated heterocycles. The van der Waals surface area contributed by atoms with Gasteiger partial charge in [0.25, 0.3) is 5.91 Å². The average Bonchev–Trinajstić information content (AvgIpc) is 3.28. The van der Waals surface area contributed by atoms with E-state index in [-0.39, 0.29) is 23.9 Å². The molecule has 0 spiro atoms. The predicted molar refractivity (Wildman–Crippen MR) is 110 cm³/mol. The summed E-state index contributed by atoms with van der Waals surface area (Å²) in [6.45, 7) is 6.60. The van der Waals surface area contributed by atoms with Crippen LogP contribution in [-0.4, -0.2) is 35.9 Å². The highest BCUT2D eigenvalue weighted by atomic mass is 35.5. The Balaban J connectivity index is 0.00000261. The molecule has 1 fully saturated rings. The summed E-state index contributed by atoms with van der Waals surface area (Å²) in [6, 6.07) is 4.92. The molecule has 2 aromatic rings. The van der Waals surface area contributed by atoms with Crippen molar-refractivity contribution in [3.63, 3.8) is 0 Å². The van der Waals surface area contributed by atoms with Gasteiger partial charge in [0.2, 0.25) is 0 Å². The van der Waals surface area contributed by atoms with E-state index in [1.165, 1.54) is 6.07 Å². The molecule has 3 rings (SSSR count). The van der Waals surface area contributed by atoms with Crippen molar-refractivity contribution < 1.29 is 9.18 Å². The summed E-state index contributed by atoms with van der Waals surface area (Å²) in [5, 5.41) is 6.37. The summed E-state index contributed by atoms with van der Waals surface area (Å²) in [6.07, 6.45) is 2.00. The summed E-state index contributed by atoms with van der Waals surface area (Å²) < 4.78 is 14.3. The molecule has 27 heavy (non-hydrogen) atoms. The molecule has 1 unspecified atom stereocenters. The van der Waals surface area contributed by atoms with Gasteiger partial charge in [0, 0.05) is 18.3 Å². The zero-order valence-corrected chi connectivity index (χ0v) is 17.6. The molecule has 2 heterocycles. The quantitative estimate of drug-likeness (QED) is 0.772. The Morgan fingerprint density at radius 3 is 2.85 bits per heavy atom. The zero-order valence-electron chi connectivity index (χ0n) is 16.0. The number of hydrogen-bond acceptors (Lipinski definition) is 4. The molecular formula is C20H27ClFN3OS. The Morgan fingerprint density at radius 1 is 1.44 bits per heavy atom. The third-order valence-electron chi connectivity index (χ3n) is 4.76. The average molecular weight is 412 g/mol. The van der Waals surface area contributed by atoms with Crippen molar-refractivity contribution in [2.45, 2.75) is 39.2 Å². The largest absolute Gasteiger partial charge is 0.336 e.